The molecule has 0 aliphatic rings. The second-order valence-corrected chi connectivity index (χ2v) is 7.36. The lowest BCUT2D eigenvalue weighted by molar-refractivity contribution is 0.154. The van der Waals surface area contributed by atoms with E-state index < -0.39 is 6.10 Å². The minimum atomic E-state index is -0.750. The fourth-order valence-electron chi connectivity index (χ4n) is 3.52. The maximum Gasteiger partial charge on any atom is 0.276 e. The van der Waals surface area contributed by atoms with Crippen LogP contribution in [-0.2, 0) is 6.54 Å². The highest BCUT2D eigenvalue weighted by atomic mass is 16.3. The molecule has 0 amide bonds. The molecule has 4 aromatic rings. The van der Waals surface area contributed by atoms with Gasteiger partial charge in [0.15, 0.2) is 0 Å². The Morgan fingerprint density at radius 3 is 2.39 bits per heavy atom. The highest BCUT2D eigenvalue weighted by Crippen LogP contribution is 2.21. The van der Waals surface area contributed by atoms with Gasteiger partial charge in [0.2, 0.25) is 0 Å². The van der Waals surface area contributed by atoms with Crippen LogP contribution in [-0.4, -0.2) is 19.3 Å². The maximum atomic E-state index is 12.9. The van der Waals surface area contributed by atoms with Crippen molar-refractivity contribution in [3.63, 3.8) is 0 Å². The van der Waals surface area contributed by atoms with E-state index in [9.17, 15) is 9.90 Å². The number of nitrogens with zero attached hydrogens (tertiary/aromatic N) is 3. The summed E-state index contributed by atoms with van der Waals surface area (Å²) in [7, 11) is 0. The van der Waals surface area contributed by atoms with Crippen molar-refractivity contribution < 1.29 is 5.11 Å². The average Bonchev–Trinajstić information content (AvgIpc) is 3.09. The van der Waals surface area contributed by atoms with E-state index in [2.05, 4.69) is 5.10 Å². The number of hydrogen-bond donors (Lipinski definition) is 1. The number of fused-ring (bicyclic) bond motifs is 1. The van der Waals surface area contributed by atoms with E-state index in [1.54, 1.807) is 27.5 Å². The first-order valence-corrected chi connectivity index (χ1v) is 9.33. The predicted molar refractivity (Wildman–Crippen MR) is 111 cm³/mol. The van der Waals surface area contributed by atoms with E-state index >= 15 is 0 Å². The summed E-state index contributed by atoms with van der Waals surface area (Å²) in [5.41, 5.74) is 6.23. The third-order valence-electron chi connectivity index (χ3n) is 5.10. The van der Waals surface area contributed by atoms with Gasteiger partial charge in [0.05, 0.1) is 18.3 Å². The van der Waals surface area contributed by atoms with Crippen LogP contribution in [0, 0.1) is 20.8 Å². The van der Waals surface area contributed by atoms with E-state index in [0.717, 1.165) is 27.9 Å². The number of benzene rings is 2. The Labute approximate surface area is 163 Å². The Hall–Kier alpha value is -3.18. The summed E-state index contributed by atoms with van der Waals surface area (Å²) in [5, 5.41) is 15.2. The van der Waals surface area contributed by atoms with Gasteiger partial charge in [-0.2, -0.15) is 5.10 Å². The summed E-state index contributed by atoms with van der Waals surface area (Å²) in [6, 6.07) is 15.8. The van der Waals surface area contributed by atoms with Crippen molar-refractivity contribution in [1.82, 2.24) is 14.2 Å². The molecule has 2 aromatic heterocycles. The molecule has 0 aliphatic carbocycles. The molecule has 5 heteroatoms. The topological polar surface area (TPSA) is 59.5 Å². The molecule has 2 heterocycles. The fraction of sp³-hybridized carbons (Fsp3) is 0.217. The molecule has 142 valence electrons. The molecule has 0 saturated carbocycles. The molecular formula is C23H23N3O2. The average molecular weight is 373 g/mol. The van der Waals surface area contributed by atoms with E-state index in [4.69, 9.17) is 0 Å². The number of aryl methyl sites for hydroxylation is 3. The van der Waals surface area contributed by atoms with Crippen LogP contribution >= 0.6 is 0 Å². The normalized spacial score (nSPS) is 12.4. The Morgan fingerprint density at radius 1 is 0.964 bits per heavy atom. The van der Waals surface area contributed by atoms with Crippen molar-refractivity contribution in [2.75, 3.05) is 0 Å². The molecule has 4 rings (SSSR count). The maximum absolute atomic E-state index is 12.9. The van der Waals surface area contributed by atoms with Gasteiger partial charge in [0.25, 0.3) is 5.56 Å². The van der Waals surface area contributed by atoms with Crippen LogP contribution in [0.1, 0.15) is 28.4 Å². The van der Waals surface area contributed by atoms with Crippen molar-refractivity contribution in [3.8, 4) is 11.3 Å². The third-order valence-corrected chi connectivity index (χ3v) is 5.10. The first-order valence-electron chi connectivity index (χ1n) is 9.33. The minimum absolute atomic E-state index is 0.169. The van der Waals surface area contributed by atoms with Gasteiger partial charge in [-0.05, 0) is 38.0 Å². The van der Waals surface area contributed by atoms with Gasteiger partial charge in [-0.15, -0.1) is 0 Å². The number of aliphatic hydroxyl groups excluding tert-OH is 1. The summed E-state index contributed by atoms with van der Waals surface area (Å²) in [6.07, 6.45) is 2.68. The molecule has 1 atom stereocenters. The number of rotatable bonds is 4. The molecule has 0 unspecified atom stereocenters. The molecule has 0 bridgehead atoms. The SMILES string of the molecule is Cc1ccc(-c2cc3c(=O)n(C[C@H](O)c4ccc(C)cc4C)ccn3n2)cc1. The van der Waals surface area contributed by atoms with Crippen molar-refractivity contribution in [2.45, 2.75) is 33.4 Å². The Bertz CT molecular complexity index is 1200. The van der Waals surface area contributed by atoms with Crippen LogP contribution in [0.15, 0.2) is 65.7 Å². The Morgan fingerprint density at radius 2 is 1.68 bits per heavy atom. The molecule has 0 fully saturated rings. The lowest BCUT2D eigenvalue weighted by Gasteiger charge is -2.16. The van der Waals surface area contributed by atoms with Gasteiger partial charge in [0, 0.05) is 18.0 Å². The zero-order chi connectivity index (χ0) is 19.8. The molecule has 0 aliphatic heterocycles. The minimum Gasteiger partial charge on any atom is -0.387 e. The monoisotopic (exact) mass is 373 g/mol. The van der Waals surface area contributed by atoms with Crippen LogP contribution < -0.4 is 5.56 Å². The quantitative estimate of drug-likeness (QED) is 0.592. The smallest absolute Gasteiger partial charge is 0.276 e. The summed E-state index contributed by atoms with van der Waals surface area (Å²) < 4.78 is 3.14. The van der Waals surface area contributed by atoms with E-state index in [1.165, 1.54) is 5.56 Å². The summed E-state index contributed by atoms with van der Waals surface area (Å²) in [6.45, 7) is 6.23. The van der Waals surface area contributed by atoms with Crippen molar-refractivity contribution >= 4 is 5.52 Å². The Kier molecular flexibility index (Phi) is 4.61. The standard InChI is InChI=1S/C23H23N3O2/c1-15-4-7-18(8-5-15)20-13-21-23(28)25(10-11-26(21)24-20)14-22(27)19-9-6-16(2)12-17(19)3/h4-13,22,27H,14H2,1-3H3/t22-/m0/s1. The number of aliphatic hydroxyl groups is 1. The van der Waals surface area contributed by atoms with Gasteiger partial charge in [-0.3, -0.25) is 4.79 Å². The molecule has 0 saturated heterocycles. The third kappa shape index (κ3) is 3.37. The van der Waals surface area contributed by atoms with E-state index in [1.807, 2.05) is 63.2 Å². The second-order valence-electron chi connectivity index (χ2n) is 7.36. The van der Waals surface area contributed by atoms with E-state index in [0.29, 0.717) is 5.52 Å². The zero-order valence-corrected chi connectivity index (χ0v) is 16.3. The van der Waals surface area contributed by atoms with Gasteiger partial charge in [-0.25, -0.2) is 4.52 Å². The van der Waals surface area contributed by atoms with Crippen LogP contribution in [0.3, 0.4) is 0 Å². The van der Waals surface area contributed by atoms with E-state index in [-0.39, 0.29) is 12.1 Å². The van der Waals surface area contributed by atoms with Crippen LogP contribution in [0.25, 0.3) is 16.8 Å². The lowest BCUT2D eigenvalue weighted by Crippen LogP contribution is -2.24. The van der Waals surface area contributed by atoms with Gasteiger partial charge in [0.1, 0.15) is 5.52 Å². The molecule has 0 spiro atoms. The highest BCUT2D eigenvalue weighted by Gasteiger charge is 2.14. The first kappa shape index (κ1) is 18.2. The molecule has 1 N–H and O–H groups in total. The van der Waals surface area contributed by atoms with Gasteiger partial charge < -0.3 is 9.67 Å². The summed E-state index contributed by atoms with van der Waals surface area (Å²) in [4.78, 5) is 12.9. The lowest BCUT2D eigenvalue weighted by atomic mass is 10.0. The molecule has 2 aromatic carbocycles. The van der Waals surface area contributed by atoms with Gasteiger partial charge in [-0.1, -0.05) is 53.6 Å². The Balaban J connectivity index is 1.68. The van der Waals surface area contributed by atoms with Crippen LogP contribution in [0.2, 0.25) is 0 Å². The summed E-state index contributed by atoms with van der Waals surface area (Å²) in [5.74, 6) is 0. The van der Waals surface area contributed by atoms with Gasteiger partial charge >= 0.3 is 0 Å². The van der Waals surface area contributed by atoms with Crippen LogP contribution in [0.4, 0.5) is 0 Å². The molecule has 28 heavy (non-hydrogen) atoms. The van der Waals surface area contributed by atoms with Crippen LogP contribution in [0.5, 0.6) is 0 Å². The number of aromatic nitrogens is 3. The first-order chi connectivity index (χ1) is 13.4. The fourth-order valence-corrected chi connectivity index (χ4v) is 3.52. The molecular weight excluding hydrogens is 350 g/mol. The molecule has 0 radical (unpaired) electrons. The van der Waals surface area contributed by atoms with Crippen molar-refractivity contribution in [1.29, 1.82) is 0 Å². The largest absolute Gasteiger partial charge is 0.387 e. The predicted octanol–water partition coefficient (Wildman–Crippen LogP) is 3.82. The van der Waals surface area contributed by atoms with Crippen molar-refractivity contribution in [2.24, 2.45) is 0 Å². The number of hydrogen-bond acceptors (Lipinski definition) is 3. The zero-order valence-electron chi connectivity index (χ0n) is 16.3. The molecule has 5 nitrogen and oxygen atoms in total. The van der Waals surface area contributed by atoms with Crippen molar-refractivity contribution in [3.05, 3.63) is 93.5 Å². The highest BCUT2D eigenvalue weighted by molar-refractivity contribution is 5.65. The summed E-state index contributed by atoms with van der Waals surface area (Å²) >= 11 is 0. The second kappa shape index (κ2) is 7.09.